The van der Waals surface area contributed by atoms with E-state index in [0.717, 1.165) is 5.56 Å². The number of β-amino-alcohol motifs (C(OH)–C–C–N with tert-alkyl or cyclic N) is 1. The number of nitrogens with zero attached hydrogens (tertiary/aromatic N) is 1. The normalized spacial score (nSPS) is 20.4. The average molecular weight is 364 g/mol. The van der Waals surface area contributed by atoms with Crippen LogP contribution in [0.5, 0.6) is 0 Å². The van der Waals surface area contributed by atoms with Crippen LogP contribution in [0.25, 0.3) is 0 Å². The second kappa shape index (κ2) is 8.89. The molecule has 0 bridgehead atoms. The van der Waals surface area contributed by atoms with Gasteiger partial charge in [-0.1, -0.05) is 30.3 Å². The molecule has 1 aromatic rings. The molecule has 2 rings (SSSR count). The molecule has 1 saturated heterocycles. The molecule has 2 N–H and O–H groups in total. The lowest BCUT2D eigenvalue weighted by Gasteiger charge is -2.35. The van der Waals surface area contributed by atoms with Crippen LogP contribution in [0.1, 0.15) is 32.8 Å². The topological polar surface area (TPSA) is 88.1 Å². The summed E-state index contributed by atoms with van der Waals surface area (Å²) in [6.07, 6.45) is -1.08. The summed E-state index contributed by atoms with van der Waals surface area (Å²) in [7, 11) is 0. The van der Waals surface area contributed by atoms with Crippen LogP contribution in [0.3, 0.4) is 0 Å². The molecule has 0 saturated carbocycles. The van der Waals surface area contributed by atoms with E-state index >= 15 is 0 Å². The van der Waals surface area contributed by atoms with E-state index in [1.807, 2.05) is 30.3 Å². The lowest BCUT2D eigenvalue weighted by Crippen LogP contribution is -2.50. The predicted molar refractivity (Wildman–Crippen MR) is 96.6 cm³/mol. The molecule has 2 unspecified atom stereocenters. The first-order valence-corrected chi connectivity index (χ1v) is 8.85. The van der Waals surface area contributed by atoms with Crippen LogP contribution in [-0.4, -0.2) is 53.5 Å². The maximum atomic E-state index is 12.1. The molecule has 0 radical (unpaired) electrons. The van der Waals surface area contributed by atoms with Crippen LogP contribution in [0.15, 0.2) is 30.3 Å². The van der Waals surface area contributed by atoms with Crippen molar-refractivity contribution in [2.45, 2.75) is 45.5 Å². The molecule has 1 aliphatic heterocycles. The fourth-order valence-corrected chi connectivity index (χ4v) is 2.72. The van der Waals surface area contributed by atoms with Gasteiger partial charge in [-0.05, 0) is 32.8 Å². The lowest BCUT2D eigenvalue weighted by molar-refractivity contribution is 0.0110. The highest BCUT2D eigenvalue weighted by molar-refractivity contribution is 5.68. The summed E-state index contributed by atoms with van der Waals surface area (Å²) < 4.78 is 10.5. The Morgan fingerprint density at radius 3 is 2.58 bits per heavy atom. The summed E-state index contributed by atoms with van der Waals surface area (Å²) >= 11 is 0. The number of likely N-dealkylation sites (tertiary alicyclic amines) is 1. The zero-order valence-electron chi connectivity index (χ0n) is 15.6. The van der Waals surface area contributed by atoms with E-state index in [9.17, 15) is 14.7 Å². The molecule has 2 atom stereocenters. The maximum absolute atomic E-state index is 12.1. The molecule has 1 heterocycles. The number of carbonyl (C=O) groups excluding carboxylic acids is 2. The lowest BCUT2D eigenvalue weighted by atomic mass is 9.94. The molecule has 1 aromatic carbocycles. The van der Waals surface area contributed by atoms with Crippen LogP contribution >= 0.6 is 0 Å². The number of ether oxygens (including phenoxy) is 2. The third-order valence-corrected chi connectivity index (χ3v) is 4.09. The fourth-order valence-electron chi connectivity index (χ4n) is 2.72. The zero-order chi connectivity index (χ0) is 19.2. The van der Waals surface area contributed by atoms with E-state index in [0.29, 0.717) is 19.5 Å². The standard InChI is InChI=1S/C19H28N2O5/c1-19(2,3)26-17(23)20-11-15-9-10-21(12-16(15)22)18(24)25-13-14-7-5-4-6-8-14/h4-8,15-16,22H,9-13H2,1-3H3,(H,20,23). The number of rotatable bonds is 4. The van der Waals surface area contributed by atoms with Gasteiger partial charge in [0.05, 0.1) is 12.6 Å². The molecule has 26 heavy (non-hydrogen) atoms. The maximum Gasteiger partial charge on any atom is 0.410 e. The number of alkyl carbamates (subject to hydrolysis) is 1. The third-order valence-electron chi connectivity index (χ3n) is 4.09. The Labute approximate surface area is 154 Å². The minimum atomic E-state index is -0.719. The summed E-state index contributed by atoms with van der Waals surface area (Å²) in [5.41, 5.74) is 0.354. The molecule has 0 spiro atoms. The smallest absolute Gasteiger partial charge is 0.410 e. The highest BCUT2D eigenvalue weighted by atomic mass is 16.6. The predicted octanol–water partition coefficient (Wildman–Crippen LogP) is 2.53. The van der Waals surface area contributed by atoms with Crippen molar-refractivity contribution in [1.82, 2.24) is 10.2 Å². The molecule has 7 heteroatoms. The second-order valence-corrected chi connectivity index (χ2v) is 7.49. The number of hydrogen-bond donors (Lipinski definition) is 2. The van der Waals surface area contributed by atoms with Gasteiger partial charge in [0.1, 0.15) is 12.2 Å². The van der Waals surface area contributed by atoms with E-state index in [4.69, 9.17) is 9.47 Å². The highest BCUT2D eigenvalue weighted by Gasteiger charge is 2.31. The number of nitrogens with one attached hydrogen (secondary N) is 1. The first-order valence-electron chi connectivity index (χ1n) is 8.85. The molecule has 0 aliphatic carbocycles. The minimum absolute atomic E-state index is 0.124. The summed E-state index contributed by atoms with van der Waals surface area (Å²) in [5, 5.41) is 13.0. The minimum Gasteiger partial charge on any atom is -0.445 e. The number of carbonyl (C=O) groups is 2. The Morgan fingerprint density at radius 1 is 1.27 bits per heavy atom. The van der Waals surface area contributed by atoms with Crippen LogP contribution in [0.2, 0.25) is 0 Å². The molecule has 0 aromatic heterocycles. The molecule has 1 fully saturated rings. The molecule has 144 valence electrons. The Balaban J connectivity index is 1.73. The van der Waals surface area contributed by atoms with Gasteiger partial charge in [0, 0.05) is 19.0 Å². The van der Waals surface area contributed by atoms with Gasteiger partial charge in [-0.2, -0.15) is 0 Å². The summed E-state index contributed by atoms with van der Waals surface area (Å²) in [6, 6.07) is 9.44. The molecular weight excluding hydrogens is 336 g/mol. The summed E-state index contributed by atoms with van der Waals surface area (Å²) in [6.45, 7) is 6.56. The first-order chi connectivity index (χ1) is 12.2. The van der Waals surface area contributed by atoms with Crippen molar-refractivity contribution in [3.05, 3.63) is 35.9 Å². The fraction of sp³-hybridized carbons (Fsp3) is 0.579. The molecule has 1 aliphatic rings. The van der Waals surface area contributed by atoms with Crippen molar-refractivity contribution in [2.75, 3.05) is 19.6 Å². The van der Waals surface area contributed by atoms with Crippen molar-refractivity contribution in [3.63, 3.8) is 0 Å². The van der Waals surface area contributed by atoms with Crippen molar-refractivity contribution in [3.8, 4) is 0 Å². The number of hydrogen-bond acceptors (Lipinski definition) is 5. The number of amides is 2. The third kappa shape index (κ3) is 6.55. The molecular formula is C19H28N2O5. The van der Waals surface area contributed by atoms with Crippen LogP contribution < -0.4 is 5.32 Å². The van der Waals surface area contributed by atoms with E-state index in [1.54, 1.807) is 20.8 Å². The van der Waals surface area contributed by atoms with Crippen molar-refractivity contribution in [2.24, 2.45) is 5.92 Å². The van der Waals surface area contributed by atoms with Crippen LogP contribution in [0, 0.1) is 5.92 Å². The van der Waals surface area contributed by atoms with E-state index < -0.39 is 23.9 Å². The zero-order valence-corrected chi connectivity index (χ0v) is 15.6. The van der Waals surface area contributed by atoms with Gasteiger partial charge < -0.3 is 24.8 Å². The summed E-state index contributed by atoms with van der Waals surface area (Å²) in [4.78, 5) is 25.3. The Kier molecular flexibility index (Phi) is 6.85. The van der Waals surface area contributed by atoms with Gasteiger partial charge in [-0.25, -0.2) is 9.59 Å². The van der Waals surface area contributed by atoms with Crippen molar-refractivity contribution in [1.29, 1.82) is 0 Å². The van der Waals surface area contributed by atoms with Crippen molar-refractivity contribution >= 4 is 12.2 Å². The highest BCUT2D eigenvalue weighted by Crippen LogP contribution is 2.18. The van der Waals surface area contributed by atoms with Crippen molar-refractivity contribution < 1.29 is 24.2 Å². The molecule has 7 nitrogen and oxygen atoms in total. The number of aliphatic hydroxyl groups is 1. The van der Waals surface area contributed by atoms with Gasteiger partial charge in [0.25, 0.3) is 0 Å². The van der Waals surface area contributed by atoms with E-state index in [1.165, 1.54) is 4.90 Å². The Morgan fingerprint density at radius 2 is 1.96 bits per heavy atom. The molecule has 2 amide bonds. The quantitative estimate of drug-likeness (QED) is 0.857. The second-order valence-electron chi connectivity index (χ2n) is 7.49. The Hall–Kier alpha value is -2.28. The van der Waals surface area contributed by atoms with E-state index in [-0.39, 0.29) is 19.1 Å². The van der Waals surface area contributed by atoms with Gasteiger partial charge in [-0.15, -0.1) is 0 Å². The summed E-state index contributed by atoms with van der Waals surface area (Å²) in [5.74, 6) is -0.124. The van der Waals surface area contributed by atoms with E-state index in [2.05, 4.69) is 5.32 Å². The van der Waals surface area contributed by atoms with Gasteiger partial charge in [-0.3, -0.25) is 0 Å². The van der Waals surface area contributed by atoms with Gasteiger partial charge >= 0.3 is 12.2 Å². The van der Waals surface area contributed by atoms with Gasteiger partial charge in [0.15, 0.2) is 0 Å². The Bertz CT molecular complexity index is 600. The van der Waals surface area contributed by atoms with Crippen LogP contribution in [0.4, 0.5) is 9.59 Å². The number of aliphatic hydroxyl groups excluding tert-OH is 1. The first kappa shape index (κ1) is 20.0. The number of benzene rings is 1. The largest absolute Gasteiger partial charge is 0.445 e. The SMILES string of the molecule is CC(C)(C)OC(=O)NCC1CCN(C(=O)OCc2ccccc2)CC1O. The average Bonchev–Trinajstić information content (AvgIpc) is 2.58. The van der Waals surface area contributed by atoms with Gasteiger partial charge in [0.2, 0.25) is 0 Å². The van der Waals surface area contributed by atoms with Crippen LogP contribution in [-0.2, 0) is 16.1 Å². The monoisotopic (exact) mass is 364 g/mol. The number of piperidine rings is 1.